The SMILES string of the molecule is O=C(N[C@H]1CCO[C@]2(CCN(Cc3cccnc3)C2)C1)c1cnccn1.O=C(O)C(F)(F)F.O=C(O)C(F)(F)F. The Kier molecular flexibility index (Phi) is 11.3. The van der Waals surface area contributed by atoms with E-state index in [4.69, 9.17) is 24.5 Å². The van der Waals surface area contributed by atoms with Crippen LogP contribution in [0.4, 0.5) is 26.3 Å². The van der Waals surface area contributed by atoms with Crippen molar-refractivity contribution in [3.8, 4) is 0 Å². The Balaban J connectivity index is 0.000000333. The largest absolute Gasteiger partial charge is 0.490 e. The van der Waals surface area contributed by atoms with Gasteiger partial charge in [0.05, 0.1) is 11.8 Å². The average Bonchev–Trinajstić information content (AvgIpc) is 3.25. The lowest BCUT2D eigenvalue weighted by Gasteiger charge is -2.38. The molecular weight excluding hydrogens is 556 g/mol. The zero-order valence-corrected chi connectivity index (χ0v) is 20.7. The highest BCUT2D eigenvalue weighted by Crippen LogP contribution is 2.35. The number of hydrogen-bond acceptors (Lipinski definition) is 8. The summed E-state index contributed by atoms with van der Waals surface area (Å²) in [5.74, 6) is -5.68. The number of carboxylic acid groups (broad SMARTS) is 2. The van der Waals surface area contributed by atoms with Crippen LogP contribution in [0.25, 0.3) is 0 Å². The maximum atomic E-state index is 12.3. The number of hydrogen-bond donors (Lipinski definition) is 3. The second-order valence-corrected chi connectivity index (χ2v) is 8.71. The maximum Gasteiger partial charge on any atom is 0.490 e. The van der Waals surface area contributed by atoms with E-state index in [1.54, 1.807) is 12.4 Å². The molecule has 2 aliphatic rings. The van der Waals surface area contributed by atoms with Crippen LogP contribution in [0.3, 0.4) is 0 Å². The Hall–Kier alpha value is -3.86. The van der Waals surface area contributed by atoms with Crippen molar-refractivity contribution in [2.45, 2.75) is 49.8 Å². The minimum Gasteiger partial charge on any atom is -0.475 e. The molecule has 17 heteroatoms. The number of ether oxygens (including phenoxy) is 1. The van der Waals surface area contributed by atoms with Crippen LogP contribution in [0.2, 0.25) is 0 Å². The summed E-state index contributed by atoms with van der Waals surface area (Å²) in [6.07, 6.45) is 0.794. The number of carbonyl (C=O) groups is 3. The molecular formula is C23H25F6N5O6. The summed E-state index contributed by atoms with van der Waals surface area (Å²) >= 11 is 0. The summed E-state index contributed by atoms with van der Waals surface area (Å²) in [6.45, 7) is 3.45. The van der Waals surface area contributed by atoms with E-state index in [9.17, 15) is 31.1 Å². The molecule has 40 heavy (non-hydrogen) atoms. The number of nitrogens with zero attached hydrogens (tertiary/aromatic N) is 4. The molecule has 2 saturated heterocycles. The van der Waals surface area contributed by atoms with Crippen molar-refractivity contribution >= 4 is 17.8 Å². The molecule has 0 bridgehead atoms. The molecule has 2 fully saturated rings. The third-order valence-electron chi connectivity index (χ3n) is 5.63. The molecule has 2 atom stereocenters. The molecule has 0 aliphatic carbocycles. The maximum absolute atomic E-state index is 12.3. The molecule has 2 aromatic rings. The Labute approximate surface area is 223 Å². The highest BCUT2D eigenvalue weighted by atomic mass is 19.4. The third-order valence-corrected chi connectivity index (χ3v) is 5.63. The van der Waals surface area contributed by atoms with E-state index in [2.05, 4.69) is 31.2 Å². The van der Waals surface area contributed by atoms with Crippen molar-refractivity contribution in [2.24, 2.45) is 0 Å². The first-order chi connectivity index (χ1) is 18.6. The molecule has 4 heterocycles. The number of nitrogens with one attached hydrogen (secondary N) is 1. The molecule has 2 aromatic heterocycles. The van der Waals surface area contributed by atoms with Crippen molar-refractivity contribution in [1.29, 1.82) is 0 Å². The first-order valence-corrected chi connectivity index (χ1v) is 11.5. The number of halogens is 6. The molecule has 0 radical (unpaired) electrons. The van der Waals surface area contributed by atoms with Gasteiger partial charge in [-0.2, -0.15) is 26.3 Å². The number of alkyl halides is 6. The van der Waals surface area contributed by atoms with Gasteiger partial charge in [0.15, 0.2) is 0 Å². The third kappa shape index (κ3) is 10.7. The number of likely N-dealkylation sites (tertiary alicyclic amines) is 1. The van der Waals surface area contributed by atoms with E-state index in [1.807, 2.05) is 12.3 Å². The highest BCUT2D eigenvalue weighted by molar-refractivity contribution is 5.92. The van der Waals surface area contributed by atoms with Crippen LogP contribution in [-0.2, 0) is 20.9 Å². The van der Waals surface area contributed by atoms with E-state index >= 15 is 0 Å². The Morgan fingerprint density at radius 3 is 2.17 bits per heavy atom. The minimum atomic E-state index is -5.08. The zero-order valence-electron chi connectivity index (χ0n) is 20.7. The second-order valence-electron chi connectivity index (χ2n) is 8.71. The van der Waals surface area contributed by atoms with Gasteiger partial charge in [0, 0.05) is 57.1 Å². The number of carbonyl (C=O) groups excluding carboxylic acids is 1. The van der Waals surface area contributed by atoms with Crippen LogP contribution in [-0.4, -0.2) is 91.6 Å². The van der Waals surface area contributed by atoms with Crippen LogP contribution in [0.1, 0.15) is 35.3 Å². The summed E-state index contributed by atoms with van der Waals surface area (Å²) in [6, 6.07) is 4.18. The van der Waals surface area contributed by atoms with E-state index in [-0.39, 0.29) is 17.6 Å². The number of aliphatic carboxylic acids is 2. The molecule has 220 valence electrons. The van der Waals surface area contributed by atoms with Gasteiger partial charge in [-0.3, -0.25) is 19.7 Å². The molecule has 0 aromatic carbocycles. The van der Waals surface area contributed by atoms with Gasteiger partial charge in [-0.1, -0.05) is 6.07 Å². The van der Waals surface area contributed by atoms with Gasteiger partial charge in [-0.15, -0.1) is 0 Å². The zero-order chi connectivity index (χ0) is 30.0. The fourth-order valence-electron chi connectivity index (χ4n) is 3.92. The molecule has 0 unspecified atom stereocenters. The summed E-state index contributed by atoms with van der Waals surface area (Å²) in [5.41, 5.74) is 1.41. The first kappa shape index (κ1) is 32.4. The summed E-state index contributed by atoms with van der Waals surface area (Å²) < 4.78 is 69.6. The van der Waals surface area contributed by atoms with Gasteiger partial charge in [0.25, 0.3) is 5.91 Å². The van der Waals surface area contributed by atoms with Crippen molar-refractivity contribution in [3.63, 3.8) is 0 Å². The molecule has 2 aliphatic heterocycles. The van der Waals surface area contributed by atoms with Gasteiger partial charge in [0.1, 0.15) is 5.69 Å². The fourth-order valence-corrected chi connectivity index (χ4v) is 3.92. The molecule has 1 amide bonds. The predicted molar refractivity (Wildman–Crippen MR) is 123 cm³/mol. The number of pyridine rings is 1. The van der Waals surface area contributed by atoms with Crippen LogP contribution >= 0.6 is 0 Å². The molecule has 0 saturated carbocycles. The Morgan fingerprint density at radius 1 is 1.02 bits per heavy atom. The van der Waals surface area contributed by atoms with Crippen LogP contribution in [0.15, 0.2) is 43.1 Å². The lowest BCUT2D eigenvalue weighted by Crippen LogP contribution is -2.50. The monoisotopic (exact) mass is 581 g/mol. The number of aromatic nitrogens is 3. The summed E-state index contributed by atoms with van der Waals surface area (Å²) in [4.78, 5) is 44.8. The number of carboxylic acids is 2. The van der Waals surface area contributed by atoms with E-state index < -0.39 is 24.3 Å². The lowest BCUT2D eigenvalue weighted by molar-refractivity contribution is -0.193. The summed E-state index contributed by atoms with van der Waals surface area (Å²) in [5, 5.41) is 17.4. The normalized spacial score (nSPS) is 20.9. The quantitative estimate of drug-likeness (QED) is 0.459. The van der Waals surface area contributed by atoms with Gasteiger partial charge in [0.2, 0.25) is 0 Å². The van der Waals surface area contributed by atoms with Crippen LogP contribution in [0, 0.1) is 0 Å². The Morgan fingerprint density at radius 2 is 1.65 bits per heavy atom. The highest BCUT2D eigenvalue weighted by Gasteiger charge is 2.43. The van der Waals surface area contributed by atoms with Crippen LogP contribution in [0.5, 0.6) is 0 Å². The molecule has 3 N–H and O–H groups in total. The first-order valence-electron chi connectivity index (χ1n) is 11.5. The van der Waals surface area contributed by atoms with Crippen molar-refractivity contribution in [2.75, 3.05) is 19.7 Å². The number of amides is 1. The van der Waals surface area contributed by atoms with Crippen molar-refractivity contribution < 1.29 is 55.7 Å². The Bertz CT molecular complexity index is 1100. The lowest BCUT2D eigenvalue weighted by atomic mass is 9.89. The van der Waals surface area contributed by atoms with Crippen LogP contribution < -0.4 is 5.32 Å². The molecule has 4 rings (SSSR count). The topological polar surface area (TPSA) is 155 Å². The average molecular weight is 581 g/mol. The molecule has 11 nitrogen and oxygen atoms in total. The second kappa shape index (κ2) is 14.0. The van der Waals surface area contributed by atoms with Gasteiger partial charge >= 0.3 is 24.3 Å². The van der Waals surface area contributed by atoms with Gasteiger partial charge in [-0.05, 0) is 30.9 Å². The minimum absolute atomic E-state index is 0.108. The molecule has 1 spiro atoms. The van der Waals surface area contributed by atoms with Gasteiger partial charge < -0.3 is 20.3 Å². The summed E-state index contributed by atoms with van der Waals surface area (Å²) in [7, 11) is 0. The standard InChI is InChI=1S/C19H23N5O2.2C2HF3O2/c25-18(17-12-21-6-7-22-17)23-16-3-9-26-19(10-16)4-8-24(14-19)13-15-2-1-5-20-11-15;2*3-2(4,5)1(6)7/h1-2,5-7,11-12,16H,3-4,8-10,13-14H2,(H,23,25);2*(H,6,7)/t16-,19+;;/m0../s1. The number of rotatable bonds is 4. The van der Waals surface area contributed by atoms with E-state index in [0.29, 0.717) is 12.3 Å². The van der Waals surface area contributed by atoms with E-state index in [0.717, 1.165) is 38.9 Å². The van der Waals surface area contributed by atoms with Crippen molar-refractivity contribution in [3.05, 3.63) is 54.4 Å². The van der Waals surface area contributed by atoms with E-state index in [1.165, 1.54) is 18.0 Å². The van der Waals surface area contributed by atoms with Gasteiger partial charge in [-0.25, -0.2) is 14.6 Å². The fraction of sp³-hybridized carbons (Fsp3) is 0.478. The smallest absolute Gasteiger partial charge is 0.475 e. The predicted octanol–water partition coefficient (Wildman–Crippen LogP) is 2.69. The van der Waals surface area contributed by atoms with Crippen molar-refractivity contribution in [1.82, 2.24) is 25.2 Å².